The summed E-state index contributed by atoms with van der Waals surface area (Å²) < 4.78 is 13.6. The normalized spacial score (nSPS) is 14.7. The second kappa shape index (κ2) is 11.9. The summed E-state index contributed by atoms with van der Waals surface area (Å²) in [5.74, 6) is -1.67. The first-order valence-corrected chi connectivity index (χ1v) is 13.3. The number of aromatic nitrogens is 2. The van der Waals surface area contributed by atoms with Gasteiger partial charge in [0.15, 0.2) is 0 Å². The molecular formula is C30H27ClFN3O4. The minimum Gasteiger partial charge on any atom is -0.481 e. The van der Waals surface area contributed by atoms with Crippen LogP contribution in [0.3, 0.4) is 0 Å². The van der Waals surface area contributed by atoms with Crippen molar-refractivity contribution >= 4 is 34.6 Å². The monoisotopic (exact) mass is 547 g/mol. The number of hydroxylamine groups is 1. The summed E-state index contributed by atoms with van der Waals surface area (Å²) in [6, 6.07) is 16.8. The van der Waals surface area contributed by atoms with Gasteiger partial charge in [0, 0.05) is 17.0 Å². The molecule has 0 saturated carbocycles. The van der Waals surface area contributed by atoms with Gasteiger partial charge in [-0.1, -0.05) is 29.8 Å². The number of fused-ring (bicyclic) bond motifs is 2. The lowest BCUT2D eigenvalue weighted by molar-refractivity contribution is -0.137. The van der Waals surface area contributed by atoms with Crippen molar-refractivity contribution in [3.8, 4) is 11.3 Å². The van der Waals surface area contributed by atoms with E-state index in [1.807, 2.05) is 12.1 Å². The molecule has 9 heteroatoms. The van der Waals surface area contributed by atoms with Crippen LogP contribution < -0.4 is 5.48 Å². The van der Waals surface area contributed by atoms with Crippen molar-refractivity contribution < 1.29 is 23.9 Å². The first-order chi connectivity index (χ1) is 18.9. The number of carboxylic acid groups (broad SMARTS) is 1. The molecule has 0 aliphatic heterocycles. The molecule has 0 radical (unpaired) electrons. The third-order valence-electron chi connectivity index (χ3n) is 6.86. The number of carboxylic acids is 1. The van der Waals surface area contributed by atoms with Gasteiger partial charge in [-0.2, -0.15) is 0 Å². The fourth-order valence-electron chi connectivity index (χ4n) is 4.89. The van der Waals surface area contributed by atoms with Crippen molar-refractivity contribution in [3.05, 3.63) is 93.9 Å². The number of aryl methyl sites for hydroxylation is 2. The number of nitrogens with zero attached hydrogens (tertiary/aromatic N) is 2. The summed E-state index contributed by atoms with van der Waals surface area (Å²) in [6.45, 7) is 0. The van der Waals surface area contributed by atoms with E-state index in [1.165, 1.54) is 12.1 Å². The van der Waals surface area contributed by atoms with Crippen molar-refractivity contribution in [2.45, 2.75) is 51.0 Å². The maximum Gasteiger partial charge on any atom is 0.356 e. The summed E-state index contributed by atoms with van der Waals surface area (Å²) in [5.41, 5.74) is 8.44. The highest BCUT2D eigenvalue weighted by atomic mass is 35.5. The Labute approximate surface area is 230 Å². The van der Waals surface area contributed by atoms with E-state index in [9.17, 15) is 14.0 Å². The highest BCUT2D eigenvalue weighted by Gasteiger charge is 2.22. The predicted octanol–water partition coefficient (Wildman–Crippen LogP) is 6.63. The van der Waals surface area contributed by atoms with Crippen molar-refractivity contribution in [1.29, 1.82) is 0 Å². The third kappa shape index (κ3) is 6.41. The Morgan fingerprint density at radius 3 is 2.64 bits per heavy atom. The van der Waals surface area contributed by atoms with Gasteiger partial charge in [0.2, 0.25) is 0 Å². The molecule has 1 aliphatic carbocycles. The topological polar surface area (TPSA) is 101 Å². The SMILES string of the molecule is O=C(O)CCCCc1nc2cc(C(=O)ON[C@@H]3CCCc4cc(F)ccc43)ccc2nc1-c1ccc(Cl)cc1. The zero-order valence-electron chi connectivity index (χ0n) is 21.1. The summed E-state index contributed by atoms with van der Waals surface area (Å²) in [4.78, 5) is 38.9. The summed E-state index contributed by atoms with van der Waals surface area (Å²) in [5, 5.41) is 9.58. The van der Waals surface area contributed by atoms with Crippen LogP contribution in [0.25, 0.3) is 22.3 Å². The van der Waals surface area contributed by atoms with Gasteiger partial charge in [0.25, 0.3) is 0 Å². The molecule has 1 aliphatic rings. The predicted molar refractivity (Wildman–Crippen MR) is 146 cm³/mol. The minimum atomic E-state index is -0.835. The number of rotatable bonds is 9. The Balaban J connectivity index is 1.37. The maximum atomic E-state index is 13.6. The molecule has 0 spiro atoms. The van der Waals surface area contributed by atoms with Gasteiger partial charge in [-0.25, -0.2) is 19.2 Å². The summed E-state index contributed by atoms with van der Waals surface area (Å²) in [7, 11) is 0. The molecule has 4 aromatic rings. The number of aliphatic carboxylic acids is 1. The number of unbranched alkanes of at least 4 members (excludes halogenated alkanes) is 1. The molecule has 1 aromatic heterocycles. The first kappa shape index (κ1) is 26.7. The molecule has 1 atom stereocenters. The van der Waals surface area contributed by atoms with Crippen molar-refractivity contribution in [1.82, 2.24) is 15.4 Å². The molecule has 0 unspecified atom stereocenters. The van der Waals surface area contributed by atoms with Crippen LogP contribution in [0.2, 0.25) is 5.02 Å². The highest BCUT2D eigenvalue weighted by Crippen LogP contribution is 2.31. The van der Waals surface area contributed by atoms with Crippen LogP contribution in [0.15, 0.2) is 60.7 Å². The van der Waals surface area contributed by atoms with E-state index in [-0.39, 0.29) is 18.3 Å². The molecule has 3 aromatic carbocycles. The molecule has 200 valence electrons. The quantitative estimate of drug-likeness (QED) is 0.179. The molecule has 0 saturated heterocycles. The van der Waals surface area contributed by atoms with Gasteiger partial charge < -0.3 is 9.94 Å². The van der Waals surface area contributed by atoms with Gasteiger partial charge in [-0.05, 0) is 92.1 Å². The molecule has 39 heavy (non-hydrogen) atoms. The molecule has 0 bridgehead atoms. The van der Waals surface area contributed by atoms with E-state index in [0.29, 0.717) is 52.3 Å². The van der Waals surface area contributed by atoms with Crippen molar-refractivity contribution in [2.24, 2.45) is 0 Å². The van der Waals surface area contributed by atoms with Crippen molar-refractivity contribution in [3.63, 3.8) is 0 Å². The van der Waals surface area contributed by atoms with Gasteiger partial charge >= 0.3 is 11.9 Å². The third-order valence-corrected chi connectivity index (χ3v) is 7.11. The largest absolute Gasteiger partial charge is 0.481 e. The van der Waals surface area contributed by atoms with Gasteiger partial charge in [-0.15, -0.1) is 5.48 Å². The van der Waals surface area contributed by atoms with Crippen LogP contribution in [-0.4, -0.2) is 27.0 Å². The average molecular weight is 548 g/mol. The van der Waals surface area contributed by atoms with E-state index >= 15 is 0 Å². The highest BCUT2D eigenvalue weighted by molar-refractivity contribution is 6.30. The summed E-state index contributed by atoms with van der Waals surface area (Å²) in [6.07, 6.45) is 4.19. The van der Waals surface area contributed by atoms with E-state index in [1.54, 1.807) is 36.4 Å². The Kier molecular flexibility index (Phi) is 8.14. The zero-order chi connectivity index (χ0) is 27.4. The first-order valence-electron chi connectivity index (χ1n) is 12.9. The fourth-order valence-corrected chi connectivity index (χ4v) is 5.01. The van der Waals surface area contributed by atoms with Gasteiger partial charge in [-0.3, -0.25) is 4.79 Å². The Morgan fingerprint density at radius 2 is 1.85 bits per heavy atom. The molecule has 0 amide bonds. The number of halogens is 2. The fraction of sp³-hybridized carbons (Fsp3) is 0.267. The van der Waals surface area contributed by atoms with Crippen LogP contribution in [-0.2, 0) is 22.5 Å². The average Bonchev–Trinajstić information content (AvgIpc) is 2.93. The van der Waals surface area contributed by atoms with Gasteiger partial charge in [0.05, 0.1) is 34.0 Å². The molecule has 1 heterocycles. The van der Waals surface area contributed by atoms with Crippen LogP contribution in [0.1, 0.15) is 65.3 Å². The lowest BCUT2D eigenvalue weighted by Crippen LogP contribution is -2.28. The molecule has 7 nitrogen and oxygen atoms in total. The number of nitrogens with one attached hydrogen (secondary N) is 1. The lowest BCUT2D eigenvalue weighted by atomic mass is 9.88. The number of hydrogen-bond acceptors (Lipinski definition) is 6. The smallest absolute Gasteiger partial charge is 0.356 e. The minimum absolute atomic E-state index is 0.0840. The molecular weight excluding hydrogens is 521 g/mol. The molecule has 5 rings (SSSR count). The zero-order valence-corrected chi connectivity index (χ0v) is 21.9. The Bertz CT molecular complexity index is 1530. The van der Waals surface area contributed by atoms with Gasteiger partial charge in [0.1, 0.15) is 5.82 Å². The standard InChI is InChI=1S/C30H27ClFN3O4/c31-21-11-8-18(9-12-21)29-26(5-1-2-7-28(36)37)33-27-17-20(10-15-25(27)34-29)30(38)39-35-24-6-3-4-19-16-22(32)13-14-23(19)24/h8-17,24,35H,1-7H2,(H,36,37)/t24-/m1/s1. The van der Waals surface area contributed by atoms with E-state index in [4.69, 9.17) is 31.5 Å². The number of carbonyl (C=O) groups excluding carboxylic acids is 1. The lowest BCUT2D eigenvalue weighted by Gasteiger charge is -2.25. The maximum absolute atomic E-state index is 13.6. The Morgan fingerprint density at radius 1 is 1.03 bits per heavy atom. The second-order valence-electron chi connectivity index (χ2n) is 9.63. The molecule has 2 N–H and O–H groups in total. The van der Waals surface area contributed by atoms with Crippen LogP contribution in [0.4, 0.5) is 4.39 Å². The summed E-state index contributed by atoms with van der Waals surface area (Å²) >= 11 is 6.06. The van der Waals surface area contributed by atoms with Crippen LogP contribution >= 0.6 is 11.6 Å². The van der Waals surface area contributed by atoms with E-state index in [0.717, 1.165) is 36.0 Å². The van der Waals surface area contributed by atoms with E-state index in [2.05, 4.69) is 5.48 Å². The molecule has 0 fully saturated rings. The van der Waals surface area contributed by atoms with Crippen molar-refractivity contribution in [2.75, 3.05) is 0 Å². The number of hydrogen-bond donors (Lipinski definition) is 2. The number of carbonyl (C=O) groups is 2. The number of benzene rings is 3. The Hall–Kier alpha value is -3.88. The van der Waals surface area contributed by atoms with E-state index < -0.39 is 11.9 Å². The van der Waals surface area contributed by atoms with Crippen LogP contribution in [0, 0.1) is 5.82 Å². The van der Waals surface area contributed by atoms with Crippen LogP contribution in [0.5, 0.6) is 0 Å². The second-order valence-corrected chi connectivity index (χ2v) is 10.1.